The molecule has 0 spiro atoms. The normalized spacial score (nSPS) is 10.4. The second kappa shape index (κ2) is 8.97. The Hall–Kier alpha value is -1.60. The summed E-state index contributed by atoms with van der Waals surface area (Å²) < 4.78 is 4.96. The van der Waals surface area contributed by atoms with E-state index in [2.05, 4.69) is 13.2 Å². The Morgan fingerprint density at radius 2 is 2.00 bits per heavy atom. The summed E-state index contributed by atoms with van der Waals surface area (Å²) in [6, 6.07) is 1.69. The van der Waals surface area contributed by atoms with Gasteiger partial charge in [-0.1, -0.05) is 13.2 Å². The fourth-order valence-electron chi connectivity index (χ4n) is 0.361. The molecule has 15 heavy (non-hydrogen) atoms. The number of nitriles is 1. The third kappa shape index (κ3) is 10.3. The van der Waals surface area contributed by atoms with Crippen molar-refractivity contribution in [3.8, 4) is 6.07 Å². The summed E-state index contributed by atoms with van der Waals surface area (Å²) in [5.41, 5.74) is 0.429. The van der Waals surface area contributed by atoms with Gasteiger partial charge in [0, 0.05) is 11.6 Å². The largest absolute Gasteiger partial charge is 0.443 e. The lowest BCUT2D eigenvalue weighted by atomic mass is 10.4. The molecule has 4 heteroatoms. The molecular formula is C11H18N2O2. The Morgan fingerprint density at radius 1 is 1.60 bits per heavy atom. The first-order valence-corrected chi connectivity index (χ1v) is 4.40. The molecule has 0 bridgehead atoms. The van der Waals surface area contributed by atoms with Gasteiger partial charge >= 0.3 is 5.97 Å². The van der Waals surface area contributed by atoms with Crippen LogP contribution in [0.4, 0.5) is 0 Å². The van der Waals surface area contributed by atoms with E-state index in [0.29, 0.717) is 5.57 Å². The smallest absolute Gasteiger partial charge is 0.334 e. The molecule has 1 unspecified atom stereocenters. The van der Waals surface area contributed by atoms with Gasteiger partial charge in [0.15, 0.2) is 6.23 Å². The van der Waals surface area contributed by atoms with E-state index in [1.54, 1.807) is 24.8 Å². The highest BCUT2D eigenvalue weighted by Gasteiger charge is 2.10. The van der Waals surface area contributed by atoms with E-state index in [1.165, 1.54) is 6.08 Å². The van der Waals surface area contributed by atoms with Gasteiger partial charge in [-0.2, -0.15) is 5.26 Å². The van der Waals surface area contributed by atoms with Crippen LogP contribution in [0.15, 0.2) is 24.8 Å². The van der Waals surface area contributed by atoms with Crippen molar-refractivity contribution in [2.45, 2.75) is 20.1 Å². The van der Waals surface area contributed by atoms with Crippen LogP contribution in [0.25, 0.3) is 0 Å². The Labute approximate surface area is 91.4 Å². The van der Waals surface area contributed by atoms with Crippen LogP contribution in [0.1, 0.15) is 13.8 Å². The third-order valence-electron chi connectivity index (χ3n) is 1.44. The number of nitrogens with zero attached hydrogens (tertiary/aromatic N) is 2. The maximum atomic E-state index is 10.9. The maximum Gasteiger partial charge on any atom is 0.334 e. The summed E-state index contributed by atoms with van der Waals surface area (Å²) in [5.74, 6) is -0.341. The molecule has 0 fully saturated rings. The van der Waals surface area contributed by atoms with Crippen LogP contribution in [0.3, 0.4) is 0 Å². The first-order valence-electron chi connectivity index (χ1n) is 4.40. The van der Waals surface area contributed by atoms with Crippen molar-refractivity contribution in [2.24, 2.45) is 0 Å². The van der Waals surface area contributed by atoms with Gasteiger partial charge in [-0.3, -0.25) is 4.90 Å². The van der Waals surface area contributed by atoms with Crippen molar-refractivity contribution in [3.05, 3.63) is 24.8 Å². The minimum absolute atomic E-state index is 0.195. The number of hydrogen-bond acceptors (Lipinski definition) is 4. The van der Waals surface area contributed by atoms with Gasteiger partial charge in [-0.15, -0.1) is 0 Å². The molecule has 0 amide bonds. The first kappa shape index (κ1) is 15.9. The molecule has 0 rings (SSSR count). The Morgan fingerprint density at radius 3 is 2.20 bits per heavy atom. The van der Waals surface area contributed by atoms with Crippen LogP contribution in [0.2, 0.25) is 0 Å². The van der Waals surface area contributed by atoms with Gasteiger partial charge in [0.05, 0.1) is 6.07 Å². The van der Waals surface area contributed by atoms with Crippen molar-refractivity contribution in [1.82, 2.24) is 4.90 Å². The fraction of sp³-hybridized carbons (Fsp3) is 0.455. The summed E-state index contributed by atoms with van der Waals surface area (Å²) in [7, 11) is 3.69. The summed E-state index contributed by atoms with van der Waals surface area (Å²) in [6.45, 7) is 10.0. The van der Waals surface area contributed by atoms with Gasteiger partial charge < -0.3 is 4.74 Å². The van der Waals surface area contributed by atoms with Crippen LogP contribution >= 0.6 is 0 Å². The standard InChI is InChI=1S/C8H15NO2.C3H3N/c1-6(2)8(10)11-7(3)9(4)5;1-2-3-4/h7H,1H2,2-5H3;2H,1H2. The number of carbonyl (C=O) groups is 1. The van der Waals surface area contributed by atoms with E-state index >= 15 is 0 Å². The lowest BCUT2D eigenvalue weighted by molar-refractivity contribution is -0.150. The number of esters is 1. The molecule has 0 aliphatic rings. The van der Waals surface area contributed by atoms with Gasteiger partial charge in [0.25, 0.3) is 0 Å². The second-order valence-corrected chi connectivity index (χ2v) is 3.08. The highest BCUT2D eigenvalue weighted by Crippen LogP contribution is 1.99. The van der Waals surface area contributed by atoms with E-state index in [1.807, 2.05) is 14.1 Å². The number of rotatable bonds is 3. The molecule has 0 saturated carbocycles. The summed E-state index contributed by atoms with van der Waals surface area (Å²) in [4.78, 5) is 12.7. The molecule has 0 aromatic heterocycles. The molecule has 1 atom stereocenters. The first-order chi connectivity index (χ1) is 6.86. The Bertz CT molecular complexity index is 264. The highest BCUT2D eigenvalue weighted by atomic mass is 16.6. The zero-order chi connectivity index (χ0) is 12.4. The average Bonchev–Trinajstić information content (AvgIpc) is 2.17. The van der Waals surface area contributed by atoms with Crippen molar-refractivity contribution in [3.63, 3.8) is 0 Å². The third-order valence-corrected chi connectivity index (χ3v) is 1.44. The number of allylic oxidation sites excluding steroid dienone is 1. The van der Waals surface area contributed by atoms with Gasteiger partial charge in [-0.05, 0) is 27.9 Å². The van der Waals surface area contributed by atoms with Crippen molar-refractivity contribution >= 4 is 5.97 Å². The molecule has 0 saturated heterocycles. The molecule has 0 aromatic carbocycles. The van der Waals surface area contributed by atoms with E-state index in [9.17, 15) is 4.79 Å². The van der Waals surface area contributed by atoms with Gasteiger partial charge in [0.1, 0.15) is 0 Å². The van der Waals surface area contributed by atoms with Gasteiger partial charge in [-0.25, -0.2) is 4.79 Å². The highest BCUT2D eigenvalue weighted by molar-refractivity contribution is 5.87. The molecule has 0 heterocycles. The predicted molar refractivity (Wildman–Crippen MR) is 59.9 cm³/mol. The lowest BCUT2D eigenvalue weighted by Crippen LogP contribution is -2.30. The van der Waals surface area contributed by atoms with E-state index in [-0.39, 0.29) is 12.2 Å². The minimum Gasteiger partial charge on any atom is -0.443 e. The van der Waals surface area contributed by atoms with Crippen LogP contribution in [0.5, 0.6) is 0 Å². The zero-order valence-corrected chi connectivity index (χ0v) is 9.78. The predicted octanol–water partition coefficient (Wildman–Crippen LogP) is 1.71. The van der Waals surface area contributed by atoms with Crippen LogP contribution in [0, 0.1) is 11.3 Å². The molecule has 4 nitrogen and oxygen atoms in total. The number of hydrogen-bond donors (Lipinski definition) is 0. The monoisotopic (exact) mass is 210 g/mol. The molecule has 0 N–H and O–H groups in total. The van der Waals surface area contributed by atoms with Gasteiger partial charge in [0.2, 0.25) is 0 Å². The average molecular weight is 210 g/mol. The Balaban J connectivity index is 0. The van der Waals surface area contributed by atoms with Crippen molar-refractivity contribution < 1.29 is 9.53 Å². The fourth-order valence-corrected chi connectivity index (χ4v) is 0.361. The van der Waals surface area contributed by atoms with Crippen molar-refractivity contribution in [1.29, 1.82) is 5.26 Å². The van der Waals surface area contributed by atoms with E-state index < -0.39 is 0 Å². The van der Waals surface area contributed by atoms with E-state index in [0.717, 1.165) is 0 Å². The lowest BCUT2D eigenvalue weighted by Gasteiger charge is -2.19. The molecule has 0 aromatic rings. The molecule has 84 valence electrons. The topological polar surface area (TPSA) is 53.3 Å². The summed E-state index contributed by atoms with van der Waals surface area (Å²) in [6.07, 6.45) is 0.985. The quantitative estimate of drug-likeness (QED) is 0.308. The maximum absolute atomic E-state index is 10.9. The molecule has 0 aliphatic carbocycles. The summed E-state index contributed by atoms with van der Waals surface area (Å²) in [5, 5.41) is 7.51. The molecular weight excluding hydrogens is 192 g/mol. The summed E-state index contributed by atoms with van der Waals surface area (Å²) >= 11 is 0. The van der Waals surface area contributed by atoms with Crippen LogP contribution in [-0.2, 0) is 9.53 Å². The van der Waals surface area contributed by atoms with Crippen LogP contribution < -0.4 is 0 Å². The van der Waals surface area contributed by atoms with E-state index in [4.69, 9.17) is 10.00 Å². The SMILES string of the molecule is C=C(C)C(=O)OC(C)N(C)C.C=CC#N. The van der Waals surface area contributed by atoms with Crippen LogP contribution in [-0.4, -0.2) is 31.2 Å². The molecule has 0 radical (unpaired) electrons. The second-order valence-electron chi connectivity index (χ2n) is 3.08. The Kier molecular flexibility index (Phi) is 9.49. The van der Waals surface area contributed by atoms with Crippen molar-refractivity contribution in [2.75, 3.05) is 14.1 Å². The number of carbonyl (C=O) groups excluding carboxylic acids is 1. The zero-order valence-electron chi connectivity index (χ0n) is 9.78. The minimum atomic E-state index is -0.341. The number of ether oxygens (including phenoxy) is 1. The molecule has 0 aliphatic heterocycles.